The van der Waals surface area contributed by atoms with Crippen LogP contribution in [0.1, 0.15) is 25.3 Å². The van der Waals surface area contributed by atoms with Crippen LogP contribution in [0.2, 0.25) is 0 Å². The number of hydrogen-bond donors (Lipinski definition) is 1. The van der Waals surface area contributed by atoms with Crippen molar-refractivity contribution in [2.24, 2.45) is 5.92 Å². The van der Waals surface area contributed by atoms with Crippen LogP contribution in [0.4, 0.5) is 5.69 Å². The van der Waals surface area contributed by atoms with Crippen molar-refractivity contribution in [3.8, 4) is 0 Å². The molecule has 0 unspecified atom stereocenters. The lowest BCUT2D eigenvalue weighted by Crippen LogP contribution is -2.45. The van der Waals surface area contributed by atoms with E-state index in [1.165, 1.54) is 31.5 Å². The molecule has 0 aliphatic carbocycles. The lowest BCUT2D eigenvalue weighted by atomic mass is 9.94. The van der Waals surface area contributed by atoms with E-state index in [1.54, 1.807) is 0 Å². The maximum atomic E-state index is 5.91. The van der Waals surface area contributed by atoms with Gasteiger partial charge in [-0.05, 0) is 24.0 Å². The number of likely N-dealkylation sites (tertiary alicyclic amines) is 1. The maximum Gasteiger partial charge on any atom is 0.0359 e. The minimum Gasteiger partial charge on any atom is -0.398 e. The Balaban J connectivity index is 1.82. The van der Waals surface area contributed by atoms with E-state index in [0.717, 1.165) is 18.2 Å². The largest absolute Gasteiger partial charge is 0.398 e. The van der Waals surface area contributed by atoms with Crippen LogP contribution < -0.4 is 5.73 Å². The second kappa shape index (κ2) is 4.67. The zero-order valence-corrected chi connectivity index (χ0v) is 9.45. The molecule has 15 heavy (non-hydrogen) atoms. The predicted molar refractivity (Wildman–Crippen MR) is 64.5 cm³/mol. The standard InChI is InChI=1S/C13H20N2/c1-2-5-11-8-15(9-11)10-12-6-3-4-7-13(12)14/h3-4,6-7,11H,2,5,8-10,14H2,1H3. The fourth-order valence-electron chi connectivity index (χ4n) is 2.32. The summed E-state index contributed by atoms with van der Waals surface area (Å²) in [7, 11) is 0. The summed E-state index contributed by atoms with van der Waals surface area (Å²) in [6, 6.07) is 8.17. The van der Waals surface area contributed by atoms with Crippen molar-refractivity contribution in [1.29, 1.82) is 0 Å². The van der Waals surface area contributed by atoms with Crippen LogP contribution in [0.5, 0.6) is 0 Å². The smallest absolute Gasteiger partial charge is 0.0359 e. The van der Waals surface area contributed by atoms with Crippen molar-refractivity contribution >= 4 is 5.69 Å². The van der Waals surface area contributed by atoms with Gasteiger partial charge in [0.15, 0.2) is 0 Å². The van der Waals surface area contributed by atoms with Gasteiger partial charge in [-0.3, -0.25) is 4.90 Å². The second-order valence-corrected chi connectivity index (χ2v) is 4.55. The van der Waals surface area contributed by atoms with Crippen LogP contribution in [-0.2, 0) is 6.54 Å². The maximum absolute atomic E-state index is 5.91. The molecule has 2 N–H and O–H groups in total. The molecule has 0 spiro atoms. The third-order valence-electron chi connectivity index (χ3n) is 3.18. The summed E-state index contributed by atoms with van der Waals surface area (Å²) in [6.45, 7) is 5.79. The fraction of sp³-hybridized carbons (Fsp3) is 0.538. The average Bonchev–Trinajstić information content (AvgIpc) is 2.18. The first kappa shape index (κ1) is 10.5. The molecule has 0 saturated carbocycles. The lowest BCUT2D eigenvalue weighted by molar-refractivity contribution is 0.0862. The van der Waals surface area contributed by atoms with Gasteiger partial charge >= 0.3 is 0 Å². The van der Waals surface area contributed by atoms with Crippen LogP contribution in [0.15, 0.2) is 24.3 Å². The van der Waals surface area contributed by atoms with Gasteiger partial charge in [-0.25, -0.2) is 0 Å². The molecule has 2 heteroatoms. The van der Waals surface area contributed by atoms with E-state index in [9.17, 15) is 0 Å². The molecule has 2 nitrogen and oxygen atoms in total. The summed E-state index contributed by atoms with van der Waals surface area (Å²) in [5.74, 6) is 0.930. The van der Waals surface area contributed by atoms with Gasteiger partial charge in [0, 0.05) is 25.3 Å². The highest BCUT2D eigenvalue weighted by Crippen LogP contribution is 2.24. The van der Waals surface area contributed by atoms with Crippen LogP contribution in [0.3, 0.4) is 0 Å². The molecule has 0 atom stereocenters. The van der Waals surface area contributed by atoms with E-state index in [4.69, 9.17) is 5.73 Å². The topological polar surface area (TPSA) is 29.3 Å². The van der Waals surface area contributed by atoms with Crippen molar-refractivity contribution < 1.29 is 0 Å². The number of rotatable bonds is 4. The Morgan fingerprint density at radius 2 is 2.07 bits per heavy atom. The number of nitrogens with two attached hydrogens (primary N) is 1. The van der Waals surface area contributed by atoms with Crippen molar-refractivity contribution in [3.63, 3.8) is 0 Å². The Kier molecular flexibility index (Phi) is 3.27. The Hall–Kier alpha value is -1.02. The number of hydrogen-bond acceptors (Lipinski definition) is 2. The molecule has 0 radical (unpaired) electrons. The van der Waals surface area contributed by atoms with Gasteiger partial charge in [-0.15, -0.1) is 0 Å². The number of anilines is 1. The summed E-state index contributed by atoms with van der Waals surface area (Å²) < 4.78 is 0. The van der Waals surface area contributed by atoms with E-state index in [0.29, 0.717) is 0 Å². The van der Waals surface area contributed by atoms with Gasteiger partial charge in [0.05, 0.1) is 0 Å². The third kappa shape index (κ3) is 2.51. The first-order valence-electron chi connectivity index (χ1n) is 5.85. The van der Waals surface area contributed by atoms with Gasteiger partial charge in [0.25, 0.3) is 0 Å². The lowest BCUT2D eigenvalue weighted by Gasteiger charge is -2.39. The zero-order chi connectivity index (χ0) is 10.7. The van der Waals surface area contributed by atoms with Crippen molar-refractivity contribution in [2.75, 3.05) is 18.8 Å². The number of para-hydroxylation sites is 1. The molecule has 1 heterocycles. The van der Waals surface area contributed by atoms with E-state index >= 15 is 0 Å². The van der Waals surface area contributed by atoms with E-state index in [1.807, 2.05) is 12.1 Å². The molecule has 82 valence electrons. The monoisotopic (exact) mass is 204 g/mol. The van der Waals surface area contributed by atoms with Gasteiger partial charge < -0.3 is 5.73 Å². The summed E-state index contributed by atoms with van der Waals surface area (Å²) in [4.78, 5) is 2.48. The molecule has 0 amide bonds. The quantitative estimate of drug-likeness (QED) is 0.763. The normalized spacial score (nSPS) is 17.7. The van der Waals surface area contributed by atoms with E-state index in [2.05, 4.69) is 24.0 Å². The molecule has 1 aliphatic heterocycles. The summed E-state index contributed by atoms with van der Waals surface area (Å²) in [6.07, 6.45) is 2.69. The van der Waals surface area contributed by atoms with Gasteiger partial charge in [-0.1, -0.05) is 31.5 Å². The molecule has 1 aromatic carbocycles. The van der Waals surface area contributed by atoms with Crippen molar-refractivity contribution in [1.82, 2.24) is 4.90 Å². The van der Waals surface area contributed by atoms with E-state index < -0.39 is 0 Å². The Morgan fingerprint density at radius 1 is 1.33 bits per heavy atom. The minimum atomic E-state index is 0.927. The number of nitrogen functional groups attached to an aromatic ring is 1. The highest BCUT2D eigenvalue weighted by molar-refractivity contribution is 5.46. The first-order chi connectivity index (χ1) is 7.29. The molecule has 0 aromatic heterocycles. The van der Waals surface area contributed by atoms with Gasteiger partial charge in [0.2, 0.25) is 0 Å². The Morgan fingerprint density at radius 3 is 2.73 bits per heavy atom. The number of benzene rings is 1. The summed E-state index contributed by atoms with van der Waals surface area (Å²) in [5.41, 5.74) is 8.11. The molecule has 1 aliphatic rings. The molecule has 1 aromatic rings. The molecule has 1 fully saturated rings. The first-order valence-corrected chi connectivity index (χ1v) is 5.85. The molecule has 0 bridgehead atoms. The zero-order valence-electron chi connectivity index (χ0n) is 9.45. The van der Waals surface area contributed by atoms with Crippen molar-refractivity contribution in [2.45, 2.75) is 26.3 Å². The summed E-state index contributed by atoms with van der Waals surface area (Å²) in [5, 5.41) is 0. The Labute approximate surface area is 92.1 Å². The summed E-state index contributed by atoms with van der Waals surface area (Å²) >= 11 is 0. The molecule has 2 rings (SSSR count). The van der Waals surface area contributed by atoms with Gasteiger partial charge in [-0.2, -0.15) is 0 Å². The SMILES string of the molecule is CCCC1CN(Cc2ccccc2N)C1. The molecular weight excluding hydrogens is 184 g/mol. The van der Waals surface area contributed by atoms with E-state index in [-0.39, 0.29) is 0 Å². The second-order valence-electron chi connectivity index (χ2n) is 4.55. The number of nitrogens with zero attached hydrogens (tertiary/aromatic N) is 1. The van der Waals surface area contributed by atoms with Crippen LogP contribution in [0, 0.1) is 5.92 Å². The average molecular weight is 204 g/mol. The molecule has 1 saturated heterocycles. The van der Waals surface area contributed by atoms with Crippen LogP contribution >= 0.6 is 0 Å². The minimum absolute atomic E-state index is 0.927. The fourth-order valence-corrected chi connectivity index (χ4v) is 2.32. The van der Waals surface area contributed by atoms with Crippen LogP contribution in [0.25, 0.3) is 0 Å². The molecular formula is C13H20N2. The Bertz CT molecular complexity index is 316. The van der Waals surface area contributed by atoms with Crippen molar-refractivity contribution in [3.05, 3.63) is 29.8 Å². The highest BCUT2D eigenvalue weighted by atomic mass is 15.2. The van der Waals surface area contributed by atoms with Crippen LogP contribution in [-0.4, -0.2) is 18.0 Å². The predicted octanol–water partition coefficient (Wildman–Crippen LogP) is 2.50. The third-order valence-corrected chi connectivity index (χ3v) is 3.18. The van der Waals surface area contributed by atoms with Gasteiger partial charge in [0.1, 0.15) is 0 Å². The highest BCUT2D eigenvalue weighted by Gasteiger charge is 2.25.